The number of amides is 1. The molecule has 0 aliphatic heterocycles. The van der Waals surface area contributed by atoms with Gasteiger partial charge in [-0.05, 0) is 43.4 Å². The second-order valence-corrected chi connectivity index (χ2v) is 7.84. The molecule has 0 unspecified atom stereocenters. The molecule has 0 aromatic rings. The fraction of sp³-hybridized carbons (Fsp3) is 0.875. The Morgan fingerprint density at radius 1 is 1.29 bits per heavy atom. The molecular weight excluding hydrogens is 268 g/mol. The monoisotopic (exact) mass is 294 g/mol. The molecule has 3 rings (SSSR count). The molecule has 0 aromatic heterocycles. The lowest BCUT2D eigenvalue weighted by Crippen LogP contribution is -2.55. The maximum atomic E-state index is 12.0. The van der Waals surface area contributed by atoms with Gasteiger partial charge in [0, 0.05) is 24.5 Å². The second kappa shape index (κ2) is 5.27. The summed E-state index contributed by atoms with van der Waals surface area (Å²) in [5.41, 5.74) is 0.175. The molecular formula is C16H26N2O3. The summed E-state index contributed by atoms with van der Waals surface area (Å²) in [6, 6.07) is 0.577. The van der Waals surface area contributed by atoms with E-state index in [-0.39, 0.29) is 29.8 Å². The Kier molecular flexibility index (Phi) is 3.72. The quantitative estimate of drug-likeness (QED) is 0.746. The Morgan fingerprint density at radius 2 is 1.90 bits per heavy atom. The summed E-state index contributed by atoms with van der Waals surface area (Å²) in [5, 5.41) is 12.2. The van der Waals surface area contributed by atoms with E-state index >= 15 is 0 Å². The van der Waals surface area contributed by atoms with E-state index < -0.39 is 5.97 Å². The molecule has 3 fully saturated rings. The van der Waals surface area contributed by atoms with Gasteiger partial charge in [-0.3, -0.25) is 14.5 Å². The summed E-state index contributed by atoms with van der Waals surface area (Å²) in [5.74, 6) is 0.321. The second-order valence-electron chi connectivity index (χ2n) is 7.84. The highest BCUT2D eigenvalue weighted by molar-refractivity contribution is 5.82. The van der Waals surface area contributed by atoms with Crippen molar-refractivity contribution >= 4 is 11.9 Å². The Bertz CT molecular complexity index is 439. The number of carbonyl (C=O) groups excluding carboxylic acids is 1. The standard InChI is InChI=1S/C16H26N2O3/c1-16(2)7-13(16)15(21)17-11-5-12(6-11)18(9-14(19)20)8-10-3-4-10/h10-13H,3-9H2,1-2H3,(H,17,21)(H,19,20)/t11?,12?,13-/m1/s1. The third kappa shape index (κ3) is 3.57. The van der Waals surface area contributed by atoms with Gasteiger partial charge >= 0.3 is 5.97 Å². The molecule has 3 saturated carbocycles. The third-order valence-electron chi connectivity index (χ3n) is 5.33. The molecule has 118 valence electrons. The number of hydrogen-bond acceptors (Lipinski definition) is 3. The minimum Gasteiger partial charge on any atom is -0.480 e. The highest BCUT2D eigenvalue weighted by Crippen LogP contribution is 2.51. The van der Waals surface area contributed by atoms with Crippen molar-refractivity contribution < 1.29 is 14.7 Å². The maximum absolute atomic E-state index is 12.0. The number of carboxylic acid groups (broad SMARTS) is 1. The summed E-state index contributed by atoms with van der Waals surface area (Å²) >= 11 is 0. The fourth-order valence-electron chi connectivity index (χ4n) is 3.37. The minimum absolute atomic E-state index is 0.136. The van der Waals surface area contributed by atoms with Gasteiger partial charge in [-0.15, -0.1) is 0 Å². The average Bonchev–Trinajstić information content (AvgIpc) is 3.20. The van der Waals surface area contributed by atoms with Crippen molar-refractivity contribution in [2.24, 2.45) is 17.3 Å². The number of hydrogen-bond donors (Lipinski definition) is 2. The SMILES string of the molecule is CC1(C)C[C@@H]1C(=O)NC1CC(N(CC(=O)O)CC2CC2)C1. The first kappa shape index (κ1) is 14.8. The van der Waals surface area contributed by atoms with Gasteiger partial charge in [-0.25, -0.2) is 0 Å². The van der Waals surface area contributed by atoms with E-state index in [1.165, 1.54) is 12.8 Å². The summed E-state index contributed by atoms with van der Waals surface area (Å²) in [6.07, 6.45) is 5.26. The van der Waals surface area contributed by atoms with Gasteiger partial charge in [0.2, 0.25) is 5.91 Å². The maximum Gasteiger partial charge on any atom is 0.317 e. The van der Waals surface area contributed by atoms with Crippen LogP contribution in [0.1, 0.15) is 46.0 Å². The molecule has 0 heterocycles. The zero-order valence-corrected chi connectivity index (χ0v) is 13.0. The van der Waals surface area contributed by atoms with Crippen LogP contribution < -0.4 is 5.32 Å². The normalized spacial score (nSPS) is 33.4. The lowest BCUT2D eigenvalue weighted by Gasteiger charge is -2.42. The van der Waals surface area contributed by atoms with Crippen LogP contribution in [0.2, 0.25) is 0 Å². The number of aliphatic carboxylic acids is 1. The Balaban J connectivity index is 1.42. The van der Waals surface area contributed by atoms with Gasteiger partial charge in [-0.1, -0.05) is 13.8 Å². The van der Waals surface area contributed by atoms with Gasteiger partial charge < -0.3 is 10.4 Å². The molecule has 1 atom stereocenters. The van der Waals surface area contributed by atoms with Crippen molar-refractivity contribution in [1.29, 1.82) is 0 Å². The lowest BCUT2D eigenvalue weighted by molar-refractivity contribution is -0.140. The molecule has 0 spiro atoms. The van der Waals surface area contributed by atoms with Crippen LogP contribution in [-0.4, -0.2) is 47.1 Å². The lowest BCUT2D eigenvalue weighted by atomic mass is 9.85. The van der Waals surface area contributed by atoms with Crippen molar-refractivity contribution in [2.45, 2.75) is 58.0 Å². The van der Waals surface area contributed by atoms with Crippen molar-refractivity contribution in [3.63, 3.8) is 0 Å². The molecule has 5 heteroatoms. The number of nitrogens with zero attached hydrogens (tertiary/aromatic N) is 1. The summed E-state index contributed by atoms with van der Waals surface area (Å²) in [6.45, 7) is 5.31. The number of rotatable bonds is 7. The largest absolute Gasteiger partial charge is 0.480 e. The summed E-state index contributed by atoms with van der Waals surface area (Å²) in [4.78, 5) is 25.1. The Hall–Kier alpha value is -1.10. The van der Waals surface area contributed by atoms with E-state index in [0.29, 0.717) is 12.0 Å². The van der Waals surface area contributed by atoms with E-state index in [1.54, 1.807) is 0 Å². The highest BCUT2D eigenvalue weighted by atomic mass is 16.4. The van der Waals surface area contributed by atoms with E-state index in [0.717, 1.165) is 25.8 Å². The van der Waals surface area contributed by atoms with E-state index in [9.17, 15) is 9.59 Å². The molecule has 2 N–H and O–H groups in total. The van der Waals surface area contributed by atoms with Crippen molar-refractivity contribution in [1.82, 2.24) is 10.2 Å². The molecule has 0 bridgehead atoms. The predicted molar refractivity (Wildman–Crippen MR) is 78.8 cm³/mol. The van der Waals surface area contributed by atoms with E-state index in [1.807, 2.05) is 0 Å². The molecule has 1 amide bonds. The summed E-state index contributed by atoms with van der Waals surface area (Å²) < 4.78 is 0. The van der Waals surface area contributed by atoms with E-state index in [4.69, 9.17) is 5.11 Å². The average molecular weight is 294 g/mol. The molecule has 0 aromatic carbocycles. The highest BCUT2D eigenvalue weighted by Gasteiger charge is 2.51. The molecule has 0 saturated heterocycles. The van der Waals surface area contributed by atoms with Crippen LogP contribution >= 0.6 is 0 Å². The van der Waals surface area contributed by atoms with Crippen LogP contribution in [0, 0.1) is 17.3 Å². The molecule has 5 nitrogen and oxygen atoms in total. The van der Waals surface area contributed by atoms with Gasteiger partial charge in [-0.2, -0.15) is 0 Å². The van der Waals surface area contributed by atoms with Crippen LogP contribution in [-0.2, 0) is 9.59 Å². The number of carbonyl (C=O) groups is 2. The van der Waals surface area contributed by atoms with Crippen molar-refractivity contribution in [3.05, 3.63) is 0 Å². The zero-order valence-electron chi connectivity index (χ0n) is 13.0. The third-order valence-corrected chi connectivity index (χ3v) is 5.33. The van der Waals surface area contributed by atoms with Crippen LogP contribution in [0.25, 0.3) is 0 Å². The van der Waals surface area contributed by atoms with Gasteiger partial charge in [0.05, 0.1) is 6.54 Å². The molecule has 0 radical (unpaired) electrons. The first-order valence-electron chi connectivity index (χ1n) is 8.11. The van der Waals surface area contributed by atoms with E-state index in [2.05, 4.69) is 24.1 Å². The number of carboxylic acids is 1. The number of nitrogens with one attached hydrogen (secondary N) is 1. The van der Waals surface area contributed by atoms with Gasteiger partial charge in [0.15, 0.2) is 0 Å². The summed E-state index contributed by atoms with van der Waals surface area (Å²) in [7, 11) is 0. The Labute approximate surface area is 126 Å². The van der Waals surface area contributed by atoms with Gasteiger partial charge in [0.25, 0.3) is 0 Å². The van der Waals surface area contributed by atoms with Crippen molar-refractivity contribution in [3.8, 4) is 0 Å². The smallest absolute Gasteiger partial charge is 0.317 e. The van der Waals surface area contributed by atoms with Crippen molar-refractivity contribution in [2.75, 3.05) is 13.1 Å². The van der Waals surface area contributed by atoms with Crippen LogP contribution in [0.3, 0.4) is 0 Å². The molecule has 3 aliphatic rings. The van der Waals surface area contributed by atoms with Crippen LogP contribution in [0.5, 0.6) is 0 Å². The fourth-order valence-corrected chi connectivity index (χ4v) is 3.37. The Morgan fingerprint density at radius 3 is 2.38 bits per heavy atom. The minimum atomic E-state index is -0.747. The predicted octanol–water partition coefficient (Wildman–Crippen LogP) is 1.48. The van der Waals surface area contributed by atoms with Gasteiger partial charge in [0.1, 0.15) is 0 Å². The molecule has 21 heavy (non-hydrogen) atoms. The zero-order chi connectivity index (χ0) is 15.2. The first-order chi connectivity index (χ1) is 9.85. The van der Waals surface area contributed by atoms with Crippen LogP contribution in [0.4, 0.5) is 0 Å². The first-order valence-corrected chi connectivity index (χ1v) is 8.11. The molecule has 3 aliphatic carbocycles. The topological polar surface area (TPSA) is 69.6 Å². The van der Waals surface area contributed by atoms with Crippen LogP contribution in [0.15, 0.2) is 0 Å².